The van der Waals surface area contributed by atoms with Crippen molar-refractivity contribution in [2.45, 2.75) is 13.0 Å². The minimum atomic E-state index is 0.287. The van der Waals surface area contributed by atoms with Crippen molar-refractivity contribution >= 4 is 11.8 Å². The van der Waals surface area contributed by atoms with Gasteiger partial charge in [-0.05, 0) is 13.0 Å². The molecule has 5 heteroatoms. The van der Waals surface area contributed by atoms with E-state index in [0.29, 0.717) is 12.6 Å². The first-order valence-electron chi connectivity index (χ1n) is 4.91. The van der Waals surface area contributed by atoms with Crippen LogP contribution >= 0.6 is 0 Å². The van der Waals surface area contributed by atoms with Crippen molar-refractivity contribution in [2.24, 2.45) is 0 Å². The van der Waals surface area contributed by atoms with Crippen LogP contribution in [0.3, 0.4) is 0 Å². The van der Waals surface area contributed by atoms with Crippen LogP contribution in [-0.2, 0) is 4.74 Å². The van der Waals surface area contributed by atoms with Crippen molar-refractivity contribution in [1.82, 2.24) is 9.97 Å². The lowest BCUT2D eigenvalue weighted by atomic mass is 10.3. The zero-order chi connectivity index (χ0) is 11.3. The Morgan fingerprint density at radius 1 is 1.60 bits per heavy atom. The van der Waals surface area contributed by atoms with E-state index >= 15 is 0 Å². The van der Waals surface area contributed by atoms with Gasteiger partial charge in [-0.15, -0.1) is 0 Å². The number of ether oxygens (including phenoxy) is 1. The third-order valence-electron chi connectivity index (χ3n) is 2.29. The monoisotopic (exact) mass is 210 g/mol. The third kappa shape index (κ3) is 3.06. The van der Waals surface area contributed by atoms with Crippen molar-refractivity contribution in [3.8, 4) is 0 Å². The SMILES string of the molecule is CNc1nccc(N(C)C(C)COC)n1. The zero-order valence-corrected chi connectivity index (χ0v) is 9.69. The predicted octanol–water partition coefficient (Wildman–Crippen LogP) is 0.989. The first-order chi connectivity index (χ1) is 7.19. The fourth-order valence-electron chi connectivity index (χ4n) is 1.24. The molecule has 0 aliphatic heterocycles. The van der Waals surface area contributed by atoms with E-state index in [9.17, 15) is 0 Å². The highest BCUT2D eigenvalue weighted by Gasteiger charge is 2.11. The Labute approximate surface area is 90.5 Å². The first-order valence-corrected chi connectivity index (χ1v) is 4.91. The maximum absolute atomic E-state index is 5.10. The standard InChI is InChI=1S/C10H18N4O/c1-8(7-15-4)14(3)9-5-6-12-10(11-2)13-9/h5-6,8H,7H2,1-4H3,(H,11,12,13). The lowest BCUT2D eigenvalue weighted by Crippen LogP contribution is -2.33. The molecule has 0 bridgehead atoms. The molecule has 0 amide bonds. The van der Waals surface area contributed by atoms with Crippen LogP contribution < -0.4 is 10.2 Å². The molecule has 0 radical (unpaired) electrons. The van der Waals surface area contributed by atoms with Gasteiger partial charge in [0.15, 0.2) is 0 Å². The molecule has 0 aliphatic rings. The highest BCUT2D eigenvalue weighted by atomic mass is 16.5. The second-order valence-electron chi connectivity index (χ2n) is 3.40. The van der Waals surface area contributed by atoms with E-state index in [4.69, 9.17) is 4.74 Å². The Morgan fingerprint density at radius 2 is 2.33 bits per heavy atom. The molecule has 1 atom stereocenters. The van der Waals surface area contributed by atoms with Crippen LogP contribution in [0.15, 0.2) is 12.3 Å². The molecule has 5 nitrogen and oxygen atoms in total. The van der Waals surface area contributed by atoms with Gasteiger partial charge >= 0.3 is 0 Å². The highest BCUT2D eigenvalue weighted by molar-refractivity contribution is 5.42. The molecule has 1 unspecified atom stereocenters. The smallest absolute Gasteiger partial charge is 0.224 e. The summed E-state index contributed by atoms with van der Waals surface area (Å²) in [7, 11) is 5.49. The molecule has 0 aliphatic carbocycles. The summed E-state index contributed by atoms with van der Waals surface area (Å²) >= 11 is 0. The molecule has 84 valence electrons. The van der Waals surface area contributed by atoms with Crippen molar-refractivity contribution in [2.75, 3.05) is 38.0 Å². The van der Waals surface area contributed by atoms with E-state index in [-0.39, 0.29) is 6.04 Å². The highest BCUT2D eigenvalue weighted by Crippen LogP contribution is 2.12. The summed E-state index contributed by atoms with van der Waals surface area (Å²) in [5, 5.41) is 2.91. The number of likely N-dealkylation sites (N-methyl/N-ethyl adjacent to an activating group) is 1. The van der Waals surface area contributed by atoms with Crippen molar-refractivity contribution in [3.05, 3.63) is 12.3 Å². The molecule has 0 saturated carbocycles. The average molecular weight is 210 g/mol. The number of methoxy groups -OCH3 is 1. The fraction of sp³-hybridized carbons (Fsp3) is 0.600. The zero-order valence-electron chi connectivity index (χ0n) is 9.69. The van der Waals surface area contributed by atoms with E-state index in [2.05, 4.69) is 27.1 Å². The summed E-state index contributed by atoms with van der Waals surface area (Å²) in [5.74, 6) is 1.52. The molecule has 1 N–H and O–H groups in total. The molecular formula is C10H18N4O. The van der Waals surface area contributed by atoms with E-state index in [1.165, 1.54) is 0 Å². The maximum atomic E-state index is 5.10. The summed E-state index contributed by atoms with van der Waals surface area (Å²) in [6.45, 7) is 2.76. The summed E-state index contributed by atoms with van der Waals surface area (Å²) < 4.78 is 5.10. The van der Waals surface area contributed by atoms with E-state index < -0.39 is 0 Å². The summed E-state index contributed by atoms with van der Waals surface area (Å²) in [6.07, 6.45) is 1.74. The first kappa shape index (κ1) is 11.7. The molecule has 1 aromatic heterocycles. The molecule has 0 aromatic carbocycles. The average Bonchev–Trinajstić information content (AvgIpc) is 2.28. The molecule has 0 spiro atoms. The van der Waals surface area contributed by atoms with Gasteiger partial charge in [0.25, 0.3) is 0 Å². The maximum Gasteiger partial charge on any atom is 0.224 e. The lowest BCUT2D eigenvalue weighted by Gasteiger charge is -2.25. The van der Waals surface area contributed by atoms with Gasteiger partial charge in [0.1, 0.15) is 5.82 Å². The molecule has 1 heterocycles. The van der Waals surface area contributed by atoms with Gasteiger partial charge in [0, 0.05) is 27.4 Å². The minimum absolute atomic E-state index is 0.287. The molecule has 0 saturated heterocycles. The van der Waals surface area contributed by atoms with E-state index in [1.807, 2.05) is 13.1 Å². The van der Waals surface area contributed by atoms with Crippen molar-refractivity contribution in [3.63, 3.8) is 0 Å². The van der Waals surface area contributed by atoms with Crippen LogP contribution in [0.25, 0.3) is 0 Å². The molecule has 1 rings (SSSR count). The van der Waals surface area contributed by atoms with Crippen molar-refractivity contribution < 1.29 is 4.74 Å². The van der Waals surface area contributed by atoms with Gasteiger partial charge in [-0.2, -0.15) is 4.98 Å². The van der Waals surface area contributed by atoms with Gasteiger partial charge in [-0.25, -0.2) is 4.98 Å². The second-order valence-corrected chi connectivity index (χ2v) is 3.40. The second kappa shape index (κ2) is 5.50. The Kier molecular flexibility index (Phi) is 4.30. The number of nitrogens with one attached hydrogen (secondary N) is 1. The number of anilines is 2. The predicted molar refractivity (Wildman–Crippen MR) is 61.3 cm³/mol. The normalized spacial score (nSPS) is 12.3. The number of aromatic nitrogens is 2. The van der Waals surface area contributed by atoms with Gasteiger partial charge in [0.05, 0.1) is 12.6 Å². The van der Waals surface area contributed by atoms with Crippen LogP contribution in [0.5, 0.6) is 0 Å². The van der Waals surface area contributed by atoms with Crippen molar-refractivity contribution in [1.29, 1.82) is 0 Å². The van der Waals surface area contributed by atoms with E-state index in [1.54, 1.807) is 20.4 Å². The Balaban J connectivity index is 2.76. The van der Waals surface area contributed by atoms with Crippen LogP contribution in [0.1, 0.15) is 6.92 Å². The van der Waals surface area contributed by atoms with Crippen LogP contribution in [0.4, 0.5) is 11.8 Å². The van der Waals surface area contributed by atoms with Gasteiger partial charge in [-0.1, -0.05) is 0 Å². The van der Waals surface area contributed by atoms with Gasteiger partial charge in [-0.3, -0.25) is 0 Å². The van der Waals surface area contributed by atoms with Crippen LogP contribution in [0.2, 0.25) is 0 Å². The Bertz CT molecular complexity index is 305. The molecular weight excluding hydrogens is 192 g/mol. The van der Waals surface area contributed by atoms with Gasteiger partial charge in [0.2, 0.25) is 5.95 Å². The Morgan fingerprint density at radius 3 is 2.93 bits per heavy atom. The topological polar surface area (TPSA) is 50.3 Å². The summed E-state index contributed by atoms with van der Waals surface area (Å²) in [4.78, 5) is 10.5. The van der Waals surface area contributed by atoms with Gasteiger partial charge < -0.3 is 15.0 Å². The number of nitrogens with zero attached hydrogens (tertiary/aromatic N) is 3. The lowest BCUT2D eigenvalue weighted by molar-refractivity contribution is 0.183. The van der Waals surface area contributed by atoms with Crippen LogP contribution in [-0.4, -0.2) is 43.8 Å². The number of hydrogen-bond acceptors (Lipinski definition) is 5. The quantitative estimate of drug-likeness (QED) is 0.785. The Hall–Kier alpha value is -1.36. The third-order valence-corrected chi connectivity index (χ3v) is 2.29. The number of rotatable bonds is 5. The van der Waals surface area contributed by atoms with E-state index in [0.717, 1.165) is 5.82 Å². The summed E-state index contributed by atoms with van der Waals surface area (Å²) in [5.41, 5.74) is 0. The molecule has 0 fully saturated rings. The largest absolute Gasteiger partial charge is 0.383 e. The molecule has 15 heavy (non-hydrogen) atoms. The molecule has 1 aromatic rings. The summed E-state index contributed by atoms with van der Waals surface area (Å²) in [6, 6.07) is 2.17. The van der Waals surface area contributed by atoms with Crippen LogP contribution in [0, 0.1) is 0 Å². The minimum Gasteiger partial charge on any atom is -0.383 e. The fourth-order valence-corrected chi connectivity index (χ4v) is 1.24. The number of hydrogen-bond donors (Lipinski definition) is 1.